The predicted molar refractivity (Wildman–Crippen MR) is 70.9 cm³/mol. The van der Waals surface area contributed by atoms with Crippen molar-refractivity contribution in [2.45, 2.75) is 25.9 Å². The second-order valence-electron chi connectivity index (χ2n) is 3.92. The minimum Gasteiger partial charge on any atom is -0.482 e. The highest BCUT2D eigenvalue weighted by molar-refractivity contribution is 6.32. The number of aliphatic hydroxyl groups excluding tert-OH is 1. The molecule has 0 aromatic heterocycles. The average molecular weight is 272 g/mol. The van der Waals surface area contributed by atoms with E-state index in [0.717, 1.165) is 0 Å². The molecule has 1 atom stereocenters. The van der Waals surface area contributed by atoms with Crippen LogP contribution in [0.1, 0.15) is 19.8 Å². The molecule has 1 unspecified atom stereocenters. The van der Waals surface area contributed by atoms with E-state index in [1.54, 1.807) is 24.3 Å². The van der Waals surface area contributed by atoms with Crippen LogP contribution in [0, 0.1) is 0 Å². The molecule has 18 heavy (non-hydrogen) atoms. The Hall–Kier alpha value is -1.26. The molecule has 4 nitrogen and oxygen atoms in total. The second-order valence-corrected chi connectivity index (χ2v) is 4.33. The van der Waals surface area contributed by atoms with E-state index in [1.165, 1.54) is 0 Å². The smallest absolute Gasteiger partial charge is 0.257 e. The first-order chi connectivity index (χ1) is 8.63. The van der Waals surface area contributed by atoms with Gasteiger partial charge in [-0.1, -0.05) is 30.7 Å². The molecule has 100 valence electrons. The highest BCUT2D eigenvalue weighted by Gasteiger charge is 2.06. The summed E-state index contributed by atoms with van der Waals surface area (Å²) in [5.41, 5.74) is 0. The molecule has 1 amide bonds. The van der Waals surface area contributed by atoms with Gasteiger partial charge in [-0.2, -0.15) is 0 Å². The number of amides is 1. The molecule has 0 aliphatic heterocycles. The summed E-state index contributed by atoms with van der Waals surface area (Å²) in [6, 6.07) is 6.99. The number of nitrogens with one attached hydrogen (secondary N) is 1. The van der Waals surface area contributed by atoms with Gasteiger partial charge in [0.15, 0.2) is 6.61 Å². The van der Waals surface area contributed by atoms with Gasteiger partial charge in [-0.3, -0.25) is 4.79 Å². The van der Waals surface area contributed by atoms with Crippen LogP contribution in [-0.4, -0.2) is 30.3 Å². The van der Waals surface area contributed by atoms with Gasteiger partial charge in [-0.25, -0.2) is 0 Å². The summed E-state index contributed by atoms with van der Waals surface area (Å²) in [6.07, 6.45) is 0.870. The normalized spacial score (nSPS) is 11.9. The fourth-order valence-electron chi connectivity index (χ4n) is 1.34. The number of hydrogen-bond donors (Lipinski definition) is 2. The predicted octanol–water partition coefficient (Wildman–Crippen LogP) is 2.00. The van der Waals surface area contributed by atoms with Crippen molar-refractivity contribution in [3.63, 3.8) is 0 Å². The lowest BCUT2D eigenvalue weighted by molar-refractivity contribution is -0.123. The van der Waals surface area contributed by atoms with Crippen LogP contribution in [-0.2, 0) is 4.79 Å². The zero-order valence-corrected chi connectivity index (χ0v) is 11.1. The van der Waals surface area contributed by atoms with Gasteiger partial charge in [0, 0.05) is 6.54 Å². The van der Waals surface area contributed by atoms with Crippen molar-refractivity contribution in [1.82, 2.24) is 5.32 Å². The lowest BCUT2D eigenvalue weighted by Gasteiger charge is -2.10. The maximum absolute atomic E-state index is 11.4. The van der Waals surface area contributed by atoms with Crippen LogP contribution in [0.25, 0.3) is 0 Å². The molecule has 0 bridgehead atoms. The van der Waals surface area contributed by atoms with Gasteiger partial charge in [0.25, 0.3) is 5.91 Å². The zero-order chi connectivity index (χ0) is 13.4. The van der Waals surface area contributed by atoms with E-state index in [0.29, 0.717) is 30.2 Å². The van der Waals surface area contributed by atoms with Gasteiger partial charge in [-0.15, -0.1) is 0 Å². The minimum absolute atomic E-state index is 0.0774. The van der Waals surface area contributed by atoms with Crippen molar-refractivity contribution in [2.24, 2.45) is 0 Å². The lowest BCUT2D eigenvalue weighted by atomic mass is 10.2. The third kappa shape index (κ3) is 5.38. The largest absolute Gasteiger partial charge is 0.482 e. The van der Waals surface area contributed by atoms with Gasteiger partial charge in [0.2, 0.25) is 0 Å². The van der Waals surface area contributed by atoms with Crippen molar-refractivity contribution in [2.75, 3.05) is 13.2 Å². The first-order valence-corrected chi connectivity index (χ1v) is 6.33. The SMILES string of the molecule is CCC(O)CCNC(=O)COc1ccccc1Cl. The molecule has 0 saturated carbocycles. The Morgan fingerprint density at radius 3 is 2.89 bits per heavy atom. The van der Waals surface area contributed by atoms with Gasteiger partial charge < -0.3 is 15.2 Å². The quantitative estimate of drug-likeness (QED) is 0.797. The number of para-hydroxylation sites is 1. The third-order valence-electron chi connectivity index (χ3n) is 2.47. The first-order valence-electron chi connectivity index (χ1n) is 5.95. The molecule has 0 aliphatic carbocycles. The summed E-state index contributed by atoms with van der Waals surface area (Å²) in [5.74, 6) is 0.265. The van der Waals surface area contributed by atoms with Crippen LogP contribution in [0.3, 0.4) is 0 Å². The van der Waals surface area contributed by atoms with Crippen LogP contribution in [0.2, 0.25) is 5.02 Å². The van der Waals surface area contributed by atoms with Gasteiger partial charge >= 0.3 is 0 Å². The fourth-order valence-corrected chi connectivity index (χ4v) is 1.53. The van der Waals surface area contributed by atoms with Crippen molar-refractivity contribution < 1.29 is 14.6 Å². The van der Waals surface area contributed by atoms with Crippen LogP contribution >= 0.6 is 11.6 Å². The van der Waals surface area contributed by atoms with Crippen LogP contribution < -0.4 is 10.1 Å². The number of carbonyl (C=O) groups is 1. The summed E-state index contributed by atoms with van der Waals surface area (Å²) < 4.78 is 5.28. The van der Waals surface area contributed by atoms with Crippen molar-refractivity contribution in [3.8, 4) is 5.75 Å². The molecule has 1 aromatic rings. The minimum atomic E-state index is -0.366. The number of aliphatic hydroxyl groups is 1. The Kier molecular flexibility index (Phi) is 6.54. The lowest BCUT2D eigenvalue weighted by Crippen LogP contribution is -2.31. The summed E-state index contributed by atoms with van der Waals surface area (Å²) >= 11 is 5.88. The highest BCUT2D eigenvalue weighted by Crippen LogP contribution is 2.22. The maximum Gasteiger partial charge on any atom is 0.257 e. The van der Waals surface area contributed by atoms with Crippen LogP contribution in [0.15, 0.2) is 24.3 Å². The molecular formula is C13H18ClNO3. The van der Waals surface area contributed by atoms with Crippen molar-refractivity contribution in [1.29, 1.82) is 0 Å². The second kappa shape index (κ2) is 7.95. The van der Waals surface area contributed by atoms with E-state index >= 15 is 0 Å². The van der Waals surface area contributed by atoms with E-state index < -0.39 is 0 Å². The Morgan fingerprint density at radius 1 is 1.50 bits per heavy atom. The molecule has 1 aromatic carbocycles. The van der Waals surface area contributed by atoms with E-state index in [9.17, 15) is 9.90 Å². The first kappa shape index (κ1) is 14.8. The number of rotatable bonds is 7. The number of benzene rings is 1. The van der Waals surface area contributed by atoms with Gasteiger partial charge in [-0.05, 0) is 25.0 Å². The number of ether oxygens (including phenoxy) is 1. The summed E-state index contributed by atoms with van der Waals surface area (Å²) in [7, 11) is 0. The summed E-state index contributed by atoms with van der Waals surface area (Å²) in [6.45, 7) is 2.26. The van der Waals surface area contributed by atoms with Crippen LogP contribution in [0.5, 0.6) is 5.75 Å². The van der Waals surface area contributed by atoms with E-state index in [-0.39, 0.29) is 18.6 Å². The Morgan fingerprint density at radius 2 is 2.22 bits per heavy atom. The number of halogens is 1. The monoisotopic (exact) mass is 271 g/mol. The zero-order valence-electron chi connectivity index (χ0n) is 10.4. The third-order valence-corrected chi connectivity index (χ3v) is 2.78. The molecular weight excluding hydrogens is 254 g/mol. The Labute approximate surface area is 112 Å². The van der Waals surface area contributed by atoms with E-state index in [1.807, 2.05) is 6.92 Å². The Bertz CT molecular complexity index is 384. The standard InChI is InChI=1S/C13H18ClNO3/c1-2-10(16)7-8-15-13(17)9-18-12-6-4-3-5-11(12)14/h3-6,10,16H,2,7-9H2,1H3,(H,15,17). The molecule has 0 radical (unpaired) electrons. The molecule has 0 heterocycles. The molecule has 1 rings (SSSR count). The number of hydrogen-bond acceptors (Lipinski definition) is 3. The van der Waals surface area contributed by atoms with E-state index in [4.69, 9.17) is 16.3 Å². The number of carbonyl (C=O) groups excluding carboxylic acids is 1. The molecule has 2 N–H and O–H groups in total. The maximum atomic E-state index is 11.4. The van der Waals surface area contributed by atoms with Crippen LogP contribution in [0.4, 0.5) is 0 Å². The molecule has 0 spiro atoms. The molecule has 5 heteroatoms. The highest BCUT2D eigenvalue weighted by atomic mass is 35.5. The summed E-state index contributed by atoms with van der Waals surface area (Å²) in [4.78, 5) is 11.4. The summed E-state index contributed by atoms with van der Waals surface area (Å²) in [5, 5.41) is 12.5. The fraction of sp³-hybridized carbons (Fsp3) is 0.462. The van der Waals surface area contributed by atoms with Gasteiger partial charge in [0.05, 0.1) is 11.1 Å². The van der Waals surface area contributed by atoms with Crippen molar-refractivity contribution in [3.05, 3.63) is 29.3 Å². The topological polar surface area (TPSA) is 58.6 Å². The average Bonchev–Trinajstić information content (AvgIpc) is 2.37. The van der Waals surface area contributed by atoms with E-state index in [2.05, 4.69) is 5.32 Å². The van der Waals surface area contributed by atoms with Gasteiger partial charge in [0.1, 0.15) is 5.75 Å². The van der Waals surface area contributed by atoms with Crippen molar-refractivity contribution >= 4 is 17.5 Å². The molecule has 0 saturated heterocycles. The molecule has 0 aliphatic rings. The Balaban J connectivity index is 2.23. The molecule has 0 fully saturated rings.